The first-order chi connectivity index (χ1) is 12.3. The first-order valence-electron chi connectivity index (χ1n) is 10.0. The Balaban J connectivity index is 1.37. The zero-order valence-electron chi connectivity index (χ0n) is 15.6. The van der Waals surface area contributed by atoms with Crippen LogP contribution in [0.15, 0.2) is 35.3 Å². The van der Waals surface area contributed by atoms with Crippen molar-refractivity contribution in [3.05, 3.63) is 35.9 Å². The number of likely N-dealkylation sites (tertiary alicyclic amines) is 2. The number of nitrogens with one attached hydrogen (secondary N) is 1. The number of nitrogens with zero attached hydrogens (tertiary/aromatic N) is 3. The lowest BCUT2D eigenvalue weighted by Crippen LogP contribution is -2.49. The third-order valence-electron chi connectivity index (χ3n) is 6.38. The van der Waals surface area contributed by atoms with Crippen molar-refractivity contribution in [3.63, 3.8) is 0 Å². The molecule has 1 aliphatic carbocycles. The lowest BCUT2D eigenvalue weighted by molar-refractivity contribution is 0.0924. The molecule has 0 amide bonds. The molecule has 136 valence electrons. The highest BCUT2D eigenvalue weighted by molar-refractivity contribution is 5.80. The highest BCUT2D eigenvalue weighted by Gasteiger charge is 2.42. The fourth-order valence-corrected chi connectivity index (χ4v) is 4.77. The molecule has 1 atom stereocenters. The number of hydrogen-bond acceptors (Lipinski definition) is 2. The van der Waals surface area contributed by atoms with Gasteiger partial charge in [-0.3, -0.25) is 9.89 Å². The maximum Gasteiger partial charge on any atom is 0.193 e. The summed E-state index contributed by atoms with van der Waals surface area (Å²) < 4.78 is 0. The summed E-state index contributed by atoms with van der Waals surface area (Å²) in [6, 6.07) is 11.6. The number of rotatable bonds is 3. The Morgan fingerprint density at radius 1 is 1.12 bits per heavy atom. The molecule has 1 spiro atoms. The quantitative estimate of drug-likeness (QED) is 0.677. The van der Waals surface area contributed by atoms with Crippen LogP contribution in [0.3, 0.4) is 0 Å². The van der Waals surface area contributed by atoms with E-state index < -0.39 is 0 Å². The van der Waals surface area contributed by atoms with Gasteiger partial charge in [-0.15, -0.1) is 0 Å². The Labute approximate surface area is 152 Å². The third-order valence-corrected chi connectivity index (χ3v) is 6.38. The van der Waals surface area contributed by atoms with Crippen LogP contribution in [0.5, 0.6) is 0 Å². The Morgan fingerprint density at radius 3 is 2.68 bits per heavy atom. The van der Waals surface area contributed by atoms with E-state index in [4.69, 9.17) is 0 Å². The Kier molecular flexibility index (Phi) is 4.98. The van der Waals surface area contributed by atoms with Gasteiger partial charge in [0.15, 0.2) is 5.96 Å². The van der Waals surface area contributed by atoms with Crippen molar-refractivity contribution in [1.29, 1.82) is 0 Å². The van der Waals surface area contributed by atoms with E-state index in [-0.39, 0.29) is 0 Å². The van der Waals surface area contributed by atoms with Gasteiger partial charge in [-0.25, -0.2) is 0 Å². The monoisotopic (exact) mass is 340 g/mol. The van der Waals surface area contributed by atoms with Crippen LogP contribution in [0.4, 0.5) is 0 Å². The zero-order chi connectivity index (χ0) is 17.1. The summed E-state index contributed by atoms with van der Waals surface area (Å²) in [5, 5.41) is 3.68. The molecule has 0 aromatic heterocycles. The molecule has 1 N–H and O–H groups in total. The second-order valence-corrected chi connectivity index (χ2v) is 8.29. The molecule has 25 heavy (non-hydrogen) atoms. The molecule has 4 rings (SSSR count). The highest BCUT2D eigenvalue weighted by Crippen LogP contribution is 2.39. The van der Waals surface area contributed by atoms with Crippen LogP contribution in [0, 0.1) is 5.41 Å². The molecule has 2 aliphatic heterocycles. The van der Waals surface area contributed by atoms with E-state index in [1.807, 2.05) is 7.05 Å². The molecular formula is C21H32N4. The second-order valence-electron chi connectivity index (χ2n) is 8.29. The molecule has 0 bridgehead atoms. The van der Waals surface area contributed by atoms with E-state index >= 15 is 0 Å². The Hall–Kier alpha value is -1.55. The largest absolute Gasteiger partial charge is 0.354 e. The molecule has 1 saturated carbocycles. The number of guanidine groups is 1. The van der Waals surface area contributed by atoms with Gasteiger partial charge in [0.2, 0.25) is 0 Å². The fraction of sp³-hybridized carbons (Fsp3) is 0.667. The van der Waals surface area contributed by atoms with Crippen LogP contribution < -0.4 is 5.32 Å². The summed E-state index contributed by atoms with van der Waals surface area (Å²) in [5.74, 6) is 1.14. The Bertz CT molecular complexity index is 595. The first-order valence-corrected chi connectivity index (χ1v) is 10.0. The van der Waals surface area contributed by atoms with Gasteiger partial charge in [-0.2, -0.15) is 0 Å². The molecule has 1 unspecified atom stereocenters. The minimum atomic E-state index is 0.463. The van der Waals surface area contributed by atoms with Crippen LogP contribution in [0.1, 0.15) is 44.1 Å². The van der Waals surface area contributed by atoms with Gasteiger partial charge < -0.3 is 10.2 Å². The maximum absolute atomic E-state index is 4.57. The molecule has 4 nitrogen and oxygen atoms in total. The minimum absolute atomic E-state index is 0.463. The Morgan fingerprint density at radius 2 is 1.96 bits per heavy atom. The fourth-order valence-electron chi connectivity index (χ4n) is 4.77. The molecule has 2 heterocycles. The number of aliphatic imine (C=N–C) groups is 1. The normalized spacial score (nSPS) is 28.4. The van der Waals surface area contributed by atoms with Gasteiger partial charge in [-0.1, -0.05) is 30.3 Å². The van der Waals surface area contributed by atoms with Crippen molar-refractivity contribution >= 4 is 5.96 Å². The van der Waals surface area contributed by atoms with E-state index in [1.54, 1.807) is 0 Å². The molecule has 3 fully saturated rings. The summed E-state index contributed by atoms with van der Waals surface area (Å²) in [6.45, 7) is 5.90. The summed E-state index contributed by atoms with van der Waals surface area (Å²) in [5.41, 5.74) is 1.90. The second kappa shape index (κ2) is 7.36. The SMILES string of the molecule is CN=C(NC1CCC1)N1CCC2(CCCN(Cc3ccccc3)C2)C1. The summed E-state index contributed by atoms with van der Waals surface area (Å²) in [4.78, 5) is 9.76. The molecule has 1 aromatic carbocycles. The average Bonchev–Trinajstić information content (AvgIpc) is 2.98. The number of hydrogen-bond donors (Lipinski definition) is 1. The van der Waals surface area contributed by atoms with Gasteiger partial charge in [0.25, 0.3) is 0 Å². The standard InChI is InChI=1S/C21H32N4/c1-22-20(23-19-9-5-10-19)25-14-12-21(17-25)11-6-13-24(16-21)15-18-7-3-2-4-8-18/h2-4,7-8,19H,5-6,9-17H2,1H3,(H,22,23). The van der Waals surface area contributed by atoms with E-state index in [2.05, 4.69) is 50.4 Å². The lowest BCUT2D eigenvalue weighted by atomic mass is 9.79. The summed E-state index contributed by atoms with van der Waals surface area (Å²) in [7, 11) is 1.94. The van der Waals surface area contributed by atoms with Crippen LogP contribution in [0.25, 0.3) is 0 Å². The van der Waals surface area contributed by atoms with E-state index in [9.17, 15) is 0 Å². The van der Waals surface area contributed by atoms with Crippen LogP contribution in [-0.4, -0.2) is 55.0 Å². The van der Waals surface area contributed by atoms with Crippen molar-refractivity contribution < 1.29 is 0 Å². The minimum Gasteiger partial charge on any atom is -0.354 e. The van der Waals surface area contributed by atoms with Gasteiger partial charge in [0.05, 0.1) is 0 Å². The first kappa shape index (κ1) is 16.9. The van der Waals surface area contributed by atoms with Crippen molar-refractivity contribution in [2.45, 2.75) is 51.1 Å². The molecule has 0 radical (unpaired) electrons. The predicted octanol–water partition coefficient (Wildman–Crippen LogP) is 3.10. The van der Waals surface area contributed by atoms with Crippen molar-refractivity contribution in [2.24, 2.45) is 10.4 Å². The molecule has 1 aromatic rings. The zero-order valence-corrected chi connectivity index (χ0v) is 15.6. The summed E-state index contributed by atoms with van der Waals surface area (Å²) >= 11 is 0. The third kappa shape index (κ3) is 3.84. The van der Waals surface area contributed by atoms with E-state index in [0.717, 1.165) is 19.0 Å². The maximum atomic E-state index is 4.57. The molecule has 4 heteroatoms. The van der Waals surface area contributed by atoms with Crippen LogP contribution in [-0.2, 0) is 6.54 Å². The lowest BCUT2D eigenvalue weighted by Gasteiger charge is -2.41. The smallest absolute Gasteiger partial charge is 0.193 e. The topological polar surface area (TPSA) is 30.9 Å². The number of benzene rings is 1. The average molecular weight is 341 g/mol. The number of piperidine rings is 1. The van der Waals surface area contributed by atoms with Crippen molar-refractivity contribution in [1.82, 2.24) is 15.1 Å². The summed E-state index contributed by atoms with van der Waals surface area (Å²) in [6.07, 6.45) is 7.99. The predicted molar refractivity (Wildman–Crippen MR) is 104 cm³/mol. The highest BCUT2D eigenvalue weighted by atomic mass is 15.3. The van der Waals surface area contributed by atoms with Crippen LogP contribution >= 0.6 is 0 Å². The van der Waals surface area contributed by atoms with Gasteiger partial charge in [-0.05, 0) is 50.6 Å². The molecule has 2 saturated heterocycles. The van der Waals surface area contributed by atoms with Crippen molar-refractivity contribution in [3.8, 4) is 0 Å². The molecular weight excluding hydrogens is 308 g/mol. The molecule has 3 aliphatic rings. The van der Waals surface area contributed by atoms with Gasteiger partial charge >= 0.3 is 0 Å². The van der Waals surface area contributed by atoms with Gasteiger partial charge in [0, 0.05) is 44.7 Å². The van der Waals surface area contributed by atoms with E-state index in [0.29, 0.717) is 11.5 Å². The van der Waals surface area contributed by atoms with Gasteiger partial charge in [0.1, 0.15) is 0 Å². The van der Waals surface area contributed by atoms with E-state index in [1.165, 1.54) is 63.7 Å². The van der Waals surface area contributed by atoms with Crippen LogP contribution in [0.2, 0.25) is 0 Å². The van der Waals surface area contributed by atoms with Crippen molar-refractivity contribution in [2.75, 3.05) is 33.2 Å².